The maximum Gasteiger partial charge on any atom is 0.302 e. The van der Waals surface area contributed by atoms with E-state index in [0.29, 0.717) is 11.7 Å². The highest BCUT2D eigenvalue weighted by molar-refractivity contribution is 5.95. The fourth-order valence-corrected chi connectivity index (χ4v) is 10.8. The molecule has 1 N–H and O–H groups in total. The van der Waals surface area contributed by atoms with Crippen LogP contribution in [0.25, 0.3) is 0 Å². The summed E-state index contributed by atoms with van der Waals surface area (Å²) in [6, 6.07) is 0. The molecule has 4 fully saturated rings. The number of carbonyl (C=O) groups excluding carboxylic acids is 2. The number of aliphatic hydroxyl groups excluding tert-OH is 1. The molecule has 0 aromatic carbocycles. The Morgan fingerprint density at radius 1 is 0.917 bits per heavy atom. The average molecular weight is 499 g/mol. The molecule has 4 nitrogen and oxygen atoms in total. The van der Waals surface area contributed by atoms with Gasteiger partial charge in [0.15, 0.2) is 5.78 Å². The average Bonchev–Trinajstić information content (AvgIpc) is 2.73. The van der Waals surface area contributed by atoms with Crippen LogP contribution in [-0.2, 0) is 14.3 Å². The van der Waals surface area contributed by atoms with Crippen LogP contribution in [0.2, 0.25) is 0 Å². The highest BCUT2D eigenvalue weighted by Crippen LogP contribution is 2.75. The van der Waals surface area contributed by atoms with Gasteiger partial charge in [0.2, 0.25) is 0 Å². The summed E-state index contributed by atoms with van der Waals surface area (Å²) in [5.74, 6) is 0.625. The molecule has 0 amide bonds. The first kappa shape index (κ1) is 26.4. The van der Waals surface area contributed by atoms with Crippen LogP contribution in [0.15, 0.2) is 11.6 Å². The molecule has 0 aliphatic heterocycles. The zero-order valence-electron chi connectivity index (χ0n) is 24.3. The first-order valence-electron chi connectivity index (χ1n) is 14.5. The zero-order valence-corrected chi connectivity index (χ0v) is 24.3. The lowest BCUT2D eigenvalue weighted by Crippen LogP contribution is -2.68. The second-order valence-electron chi connectivity index (χ2n) is 15.9. The van der Waals surface area contributed by atoms with Gasteiger partial charge in [0, 0.05) is 23.7 Å². The smallest absolute Gasteiger partial charge is 0.302 e. The van der Waals surface area contributed by atoms with E-state index in [1.54, 1.807) is 0 Å². The van der Waals surface area contributed by atoms with Crippen LogP contribution in [0.5, 0.6) is 0 Å². The minimum atomic E-state index is -0.340. The number of allylic oxidation sites excluding steroid dienone is 2. The fraction of sp³-hybridized carbons (Fsp3) is 0.875. The molecule has 4 saturated carbocycles. The fourth-order valence-electron chi connectivity index (χ4n) is 10.8. The van der Waals surface area contributed by atoms with Crippen molar-refractivity contribution in [1.82, 2.24) is 0 Å². The van der Waals surface area contributed by atoms with Crippen molar-refractivity contribution in [1.29, 1.82) is 0 Å². The van der Waals surface area contributed by atoms with Gasteiger partial charge in [-0.15, -0.1) is 0 Å². The van der Waals surface area contributed by atoms with Gasteiger partial charge in [-0.2, -0.15) is 0 Å². The minimum absolute atomic E-state index is 0.0665. The van der Waals surface area contributed by atoms with Gasteiger partial charge in [-0.1, -0.05) is 61.0 Å². The van der Waals surface area contributed by atoms with Gasteiger partial charge >= 0.3 is 5.97 Å². The molecule has 0 saturated heterocycles. The summed E-state index contributed by atoms with van der Waals surface area (Å²) >= 11 is 0. The monoisotopic (exact) mass is 498 g/mol. The Labute approximate surface area is 219 Å². The molecule has 0 spiro atoms. The lowest BCUT2D eigenvalue weighted by Gasteiger charge is -2.71. The van der Waals surface area contributed by atoms with Crippen LogP contribution in [0, 0.1) is 50.2 Å². The van der Waals surface area contributed by atoms with Crippen molar-refractivity contribution in [2.24, 2.45) is 50.2 Å². The van der Waals surface area contributed by atoms with Crippen LogP contribution in [0.3, 0.4) is 0 Å². The number of hydrogen-bond donors (Lipinski definition) is 1. The van der Waals surface area contributed by atoms with E-state index in [2.05, 4.69) is 61.5 Å². The Kier molecular flexibility index (Phi) is 5.66. The number of esters is 1. The maximum atomic E-state index is 14.4. The lowest BCUT2D eigenvalue weighted by molar-refractivity contribution is -0.217. The van der Waals surface area contributed by atoms with Gasteiger partial charge in [0.25, 0.3) is 0 Å². The zero-order chi connectivity index (χ0) is 26.7. The summed E-state index contributed by atoms with van der Waals surface area (Å²) < 4.78 is 5.83. The van der Waals surface area contributed by atoms with Crippen molar-refractivity contribution in [3.63, 3.8) is 0 Å². The number of hydrogen-bond acceptors (Lipinski definition) is 4. The number of fused-ring (bicyclic) bond motifs is 7. The van der Waals surface area contributed by atoms with E-state index in [4.69, 9.17) is 4.74 Å². The molecule has 202 valence electrons. The van der Waals surface area contributed by atoms with E-state index >= 15 is 0 Å². The predicted molar refractivity (Wildman–Crippen MR) is 142 cm³/mol. The SMILES string of the molecule is CC(=O)O[C@H]1CC[C@]2(C)[C@H]3C(=O)C=C4[C@@H]5CC(C)(C)CC[C@]5(C)[C@@H](O)C[C@@]4(C)[C@]3(C)CC[C@H]2C1(C)C. The summed E-state index contributed by atoms with van der Waals surface area (Å²) in [6.07, 6.45) is 9.34. The molecule has 5 aliphatic rings. The Bertz CT molecular complexity index is 1010. The largest absolute Gasteiger partial charge is 0.462 e. The highest BCUT2D eigenvalue weighted by Gasteiger charge is 2.71. The first-order valence-corrected chi connectivity index (χ1v) is 14.5. The van der Waals surface area contributed by atoms with Gasteiger partial charge < -0.3 is 9.84 Å². The van der Waals surface area contributed by atoms with Crippen LogP contribution in [-0.4, -0.2) is 29.1 Å². The summed E-state index contributed by atoms with van der Waals surface area (Å²) in [5.41, 5.74) is 0.737. The maximum absolute atomic E-state index is 14.4. The third-order valence-electron chi connectivity index (χ3n) is 13.1. The molecule has 0 radical (unpaired) electrons. The van der Waals surface area contributed by atoms with Crippen molar-refractivity contribution in [3.05, 3.63) is 11.6 Å². The van der Waals surface area contributed by atoms with Crippen molar-refractivity contribution in [3.8, 4) is 0 Å². The molecule has 0 heterocycles. The Hall–Kier alpha value is -1.16. The molecule has 36 heavy (non-hydrogen) atoms. The summed E-state index contributed by atoms with van der Waals surface area (Å²) in [4.78, 5) is 26.2. The van der Waals surface area contributed by atoms with E-state index in [9.17, 15) is 14.7 Å². The van der Waals surface area contributed by atoms with Crippen LogP contribution < -0.4 is 0 Å². The molecule has 0 bridgehead atoms. The molecule has 4 heteroatoms. The number of ether oxygens (including phenoxy) is 1. The topological polar surface area (TPSA) is 63.6 Å². The number of carbonyl (C=O) groups is 2. The lowest BCUT2D eigenvalue weighted by atomic mass is 9.33. The molecular formula is C32H50O4. The predicted octanol–water partition coefficient (Wildman–Crippen LogP) is 6.89. The Morgan fingerprint density at radius 2 is 1.58 bits per heavy atom. The van der Waals surface area contributed by atoms with Crippen LogP contribution in [0.1, 0.15) is 114 Å². The van der Waals surface area contributed by atoms with Gasteiger partial charge in [-0.3, -0.25) is 9.59 Å². The van der Waals surface area contributed by atoms with Gasteiger partial charge in [0.05, 0.1) is 6.10 Å². The van der Waals surface area contributed by atoms with Crippen molar-refractivity contribution >= 4 is 11.8 Å². The van der Waals surface area contributed by atoms with Crippen molar-refractivity contribution in [2.75, 3.05) is 0 Å². The molecule has 0 unspecified atom stereocenters. The highest BCUT2D eigenvalue weighted by atomic mass is 16.5. The Balaban J connectivity index is 1.60. The normalized spacial score (nSPS) is 51.1. The van der Waals surface area contributed by atoms with Crippen molar-refractivity contribution < 1.29 is 19.4 Å². The molecule has 5 rings (SSSR count). The number of rotatable bonds is 1. The van der Waals surface area contributed by atoms with Gasteiger partial charge in [-0.25, -0.2) is 0 Å². The molecule has 0 aromatic heterocycles. The standard InChI is InChI=1S/C32H50O4/c1-19(33)36-25-11-12-30(7)23(28(25,4)5)10-13-31(8)26(30)22(34)16-20-21-17-27(2,3)14-15-29(21,6)24(35)18-32(20,31)9/h16,21,23-26,35H,10-15,17-18H2,1-9H3/t21-,23-,24-,25-,26+,29-,30-,31+,32+/m0/s1. The summed E-state index contributed by atoms with van der Waals surface area (Å²) in [7, 11) is 0. The van der Waals surface area contributed by atoms with Gasteiger partial charge in [-0.05, 0) is 90.9 Å². The third kappa shape index (κ3) is 3.27. The van der Waals surface area contributed by atoms with E-state index < -0.39 is 0 Å². The molecule has 5 aliphatic carbocycles. The number of aliphatic hydroxyl groups is 1. The second kappa shape index (κ2) is 7.70. The quantitative estimate of drug-likeness (QED) is 0.400. The van der Waals surface area contributed by atoms with Crippen LogP contribution in [0.4, 0.5) is 0 Å². The second-order valence-corrected chi connectivity index (χ2v) is 15.9. The first-order chi connectivity index (χ1) is 16.4. The number of ketones is 1. The van der Waals surface area contributed by atoms with Crippen LogP contribution >= 0.6 is 0 Å². The van der Waals surface area contributed by atoms with E-state index in [-0.39, 0.29) is 62.5 Å². The molecule has 9 atom stereocenters. The summed E-state index contributed by atoms with van der Waals surface area (Å²) in [6.45, 7) is 20.2. The molecular weight excluding hydrogens is 448 g/mol. The van der Waals surface area contributed by atoms with Gasteiger partial charge in [0.1, 0.15) is 6.10 Å². The summed E-state index contributed by atoms with van der Waals surface area (Å²) in [5, 5.41) is 11.7. The minimum Gasteiger partial charge on any atom is -0.462 e. The van der Waals surface area contributed by atoms with Crippen molar-refractivity contribution in [2.45, 2.75) is 126 Å². The third-order valence-corrected chi connectivity index (χ3v) is 13.1. The van der Waals surface area contributed by atoms with E-state index in [1.165, 1.54) is 12.5 Å². The molecule has 0 aromatic rings. The van der Waals surface area contributed by atoms with E-state index in [1.807, 2.05) is 0 Å². The van der Waals surface area contributed by atoms with E-state index in [0.717, 1.165) is 51.4 Å². The Morgan fingerprint density at radius 3 is 2.22 bits per heavy atom.